The van der Waals surface area contributed by atoms with E-state index in [1.165, 1.54) is 4.90 Å². The van der Waals surface area contributed by atoms with Crippen molar-refractivity contribution in [2.45, 2.75) is 52.1 Å². The molecule has 1 aliphatic carbocycles. The van der Waals surface area contributed by atoms with Gasteiger partial charge in [-0.2, -0.15) is 0 Å². The number of rotatable bonds is 5. The minimum absolute atomic E-state index is 0.0181. The summed E-state index contributed by atoms with van der Waals surface area (Å²) in [7, 11) is 0. The summed E-state index contributed by atoms with van der Waals surface area (Å²) >= 11 is 0. The van der Waals surface area contributed by atoms with Gasteiger partial charge in [-0.25, -0.2) is 0 Å². The van der Waals surface area contributed by atoms with Crippen molar-refractivity contribution in [3.63, 3.8) is 0 Å². The van der Waals surface area contributed by atoms with Crippen LogP contribution in [0.5, 0.6) is 5.75 Å². The molecule has 1 heterocycles. The SMILES string of the molecule is Cc1cc(C)cc(OC[C@H](O)CN2C(=O)CC3(CCCC3)C2=O)c1. The van der Waals surface area contributed by atoms with Crippen LogP contribution in [0.25, 0.3) is 0 Å². The summed E-state index contributed by atoms with van der Waals surface area (Å²) < 4.78 is 5.63. The zero-order chi connectivity index (χ0) is 17.3. The fraction of sp³-hybridized carbons (Fsp3) is 0.579. The lowest BCUT2D eigenvalue weighted by molar-refractivity contribution is -0.143. The molecule has 0 aromatic heterocycles. The smallest absolute Gasteiger partial charge is 0.235 e. The van der Waals surface area contributed by atoms with E-state index in [1.807, 2.05) is 32.0 Å². The molecule has 2 fully saturated rings. The van der Waals surface area contributed by atoms with Crippen LogP contribution >= 0.6 is 0 Å². The fourth-order valence-corrected chi connectivity index (χ4v) is 3.96. The van der Waals surface area contributed by atoms with Crippen LogP contribution < -0.4 is 4.74 Å². The molecule has 5 nitrogen and oxygen atoms in total. The Labute approximate surface area is 142 Å². The molecule has 24 heavy (non-hydrogen) atoms. The number of aliphatic hydroxyl groups excluding tert-OH is 1. The Bertz CT molecular complexity index is 629. The van der Waals surface area contributed by atoms with Gasteiger partial charge in [-0.3, -0.25) is 14.5 Å². The van der Waals surface area contributed by atoms with Gasteiger partial charge in [0.25, 0.3) is 0 Å². The molecule has 5 heteroatoms. The second-order valence-electron chi connectivity index (χ2n) is 7.26. The molecule has 1 saturated heterocycles. The van der Waals surface area contributed by atoms with Crippen LogP contribution in [-0.4, -0.2) is 41.1 Å². The standard InChI is InChI=1S/C19H25NO4/c1-13-7-14(2)9-16(8-13)24-12-15(21)11-20-17(22)10-19(18(20)23)5-3-4-6-19/h7-9,15,21H,3-6,10-12H2,1-2H3/t15-/m1/s1. The highest BCUT2D eigenvalue weighted by atomic mass is 16.5. The Hall–Kier alpha value is -1.88. The van der Waals surface area contributed by atoms with Gasteiger partial charge in [0.05, 0.1) is 12.0 Å². The maximum absolute atomic E-state index is 12.6. The first-order valence-corrected chi connectivity index (χ1v) is 8.64. The third-order valence-corrected chi connectivity index (χ3v) is 5.08. The van der Waals surface area contributed by atoms with Gasteiger partial charge in [0.1, 0.15) is 18.5 Å². The number of nitrogens with zero attached hydrogens (tertiary/aromatic N) is 1. The number of imide groups is 1. The van der Waals surface area contributed by atoms with Crippen LogP contribution in [0.2, 0.25) is 0 Å². The summed E-state index contributed by atoms with van der Waals surface area (Å²) in [6.45, 7) is 4.05. The average molecular weight is 331 g/mol. The third kappa shape index (κ3) is 3.31. The lowest BCUT2D eigenvalue weighted by Crippen LogP contribution is -2.41. The van der Waals surface area contributed by atoms with Crippen molar-refractivity contribution >= 4 is 11.8 Å². The Morgan fingerprint density at radius 1 is 1.17 bits per heavy atom. The number of aliphatic hydroxyl groups is 1. The van der Waals surface area contributed by atoms with Crippen LogP contribution in [0.3, 0.4) is 0 Å². The first kappa shape index (κ1) is 17.0. The van der Waals surface area contributed by atoms with Crippen LogP contribution in [0.4, 0.5) is 0 Å². The van der Waals surface area contributed by atoms with Gasteiger partial charge in [-0.15, -0.1) is 0 Å². The van der Waals surface area contributed by atoms with Gasteiger partial charge in [0, 0.05) is 6.42 Å². The number of hydrogen-bond donors (Lipinski definition) is 1. The molecule has 2 amide bonds. The van der Waals surface area contributed by atoms with Crippen molar-refractivity contribution < 1.29 is 19.4 Å². The summed E-state index contributed by atoms with van der Waals surface area (Å²) in [5.41, 5.74) is 1.70. The van der Waals surface area contributed by atoms with Gasteiger partial charge in [0.2, 0.25) is 11.8 Å². The summed E-state index contributed by atoms with van der Waals surface area (Å²) in [6.07, 6.45) is 3.02. The van der Waals surface area contributed by atoms with Gasteiger partial charge in [0.15, 0.2) is 0 Å². The van der Waals surface area contributed by atoms with Crippen molar-refractivity contribution in [1.29, 1.82) is 0 Å². The molecule has 0 radical (unpaired) electrons. The predicted molar refractivity (Wildman–Crippen MR) is 89.7 cm³/mol. The van der Waals surface area contributed by atoms with E-state index < -0.39 is 11.5 Å². The van der Waals surface area contributed by atoms with Crippen LogP contribution in [0.1, 0.15) is 43.2 Å². The van der Waals surface area contributed by atoms with E-state index >= 15 is 0 Å². The maximum atomic E-state index is 12.6. The van der Waals surface area contributed by atoms with E-state index in [0.717, 1.165) is 36.8 Å². The van der Waals surface area contributed by atoms with Crippen LogP contribution in [0, 0.1) is 19.3 Å². The van der Waals surface area contributed by atoms with Crippen molar-refractivity contribution in [3.05, 3.63) is 29.3 Å². The van der Waals surface area contributed by atoms with E-state index in [9.17, 15) is 14.7 Å². The van der Waals surface area contributed by atoms with Gasteiger partial charge < -0.3 is 9.84 Å². The maximum Gasteiger partial charge on any atom is 0.235 e. The summed E-state index contributed by atoms with van der Waals surface area (Å²) in [6, 6.07) is 5.85. The Morgan fingerprint density at radius 2 is 1.79 bits per heavy atom. The van der Waals surface area contributed by atoms with Crippen molar-refractivity contribution in [2.24, 2.45) is 5.41 Å². The van der Waals surface area contributed by atoms with E-state index in [0.29, 0.717) is 12.2 Å². The molecule has 0 bridgehead atoms. The van der Waals surface area contributed by atoms with Crippen molar-refractivity contribution in [3.8, 4) is 5.75 Å². The topological polar surface area (TPSA) is 66.8 Å². The van der Waals surface area contributed by atoms with Crippen LogP contribution in [0.15, 0.2) is 18.2 Å². The Balaban J connectivity index is 1.57. The van der Waals surface area contributed by atoms with Crippen molar-refractivity contribution in [2.75, 3.05) is 13.2 Å². The van der Waals surface area contributed by atoms with Crippen LogP contribution in [-0.2, 0) is 9.59 Å². The zero-order valence-electron chi connectivity index (χ0n) is 14.4. The molecular formula is C19H25NO4. The fourth-order valence-electron chi connectivity index (χ4n) is 3.96. The highest BCUT2D eigenvalue weighted by molar-refractivity contribution is 6.06. The Morgan fingerprint density at radius 3 is 2.42 bits per heavy atom. The van der Waals surface area contributed by atoms with Crippen molar-refractivity contribution in [1.82, 2.24) is 4.90 Å². The highest BCUT2D eigenvalue weighted by Crippen LogP contribution is 2.46. The van der Waals surface area contributed by atoms with E-state index in [1.54, 1.807) is 0 Å². The number of carbonyl (C=O) groups excluding carboxylic acids is 2. The summed E-state index contributed by atoms with van der Waals surface area (Å²) in [5, 5.41) is 10.2. The molecule has 3 rings (SSSR count). The van der Waals surface area contributed by atoms with E-state index in [2.05, 4.69) is 0 Å². The Kier molecular flexibility index (Phi) is 4.63. The largest absolute Gasteiger partial charge is 0.491 e. The number of β-amino-alcohol motifs (C(OH)–C–C–N with tert-alkyl or cyclic N) is 1. The first-order chi connectivity index (χ1) is 11.4. The quantitative estimate of drug-likeness (QED) is 0.841. The number of hydrogen-bond acceptors (Lipinski definition) is 4. The first-order valence-electron chi connectivity index (χ1n) is 8.64. The molecule has 2 aliphatic rings. The molecule has 130 valence electrons. The van der Waals surface area contributed by atoms with Gasteiger partial charge in [-0.1, -0.05) is 18.9 Å². The van der Waals surface area contributed by atoms with Gasteiger partial charge in [-0.05, 0) is 49.9 Å². The van der Waals surface area contributed by atoms with E-state index in [4.69, 9.17) is 4.74 Å². The number of benzene rings is 1. The number of likely N-dealkylation sites (tertiary alicyclic amines) is 1. The van der Waals surface area contributed by atoms with E-state index in [-0.39, 0.29) is 25.0 Å². The summed E-state index contributed by atoms with van der Waals surface area (Å²) in [5.74, 6) is 0.431. The number of amides is 2. The second-order valence-corrected chi connectivity index (χ2v) is 7.26. The number of carbonyl (C=O) groups is 2. The second kappa shape index (κ2) is 6.55. The molecule has 1 spiro atoms. The summed E-state index contributed by atoms with van der Waals surface area (Å²) in [4.78, 5) is 26.0. The lowest BCUT2D eigenvalue weighted by atomic mass is 9.84. The average Bonchev–Trinajstić information content (AvgIpc) is 3.06. The number of aryl methyl sites for hydroxylation is 2. The minimum Gasteiger partial charge on any atom is -0.491 e. The molecule has 1 saturated carbocycles. The molecular weight excluding hydrogens is 306 g/mol. The third-order valence-electron chi connectivity index (χ3n) is 5.08. The predicted octanol–water partition coefficient (Wildman–Crippen LogP) is 2.36. The molecule has 1 aromatic carbocycles. The zero-order valence-corrected chi connectivity index (χ0v) is 14.4. The lowest BCUT2D eigenvalue weighted by Gasteiger charge is -2.23. The highest BCUT2D eigenvalue weighted by Gasteiger charge is 2.52. The minimum atomic E-state index is -0.879. The molecule has 1 aromatic rings. The number of ether oxygens (including phenoxy) is 1. The molecule has 0 unspecified atom stereocenters. The normalized spacial score (nSPS) is 20.9. The molecule has 1 N–H and O–H groups in total. The molecule has 1 aliphatic heterocycles. The monoisotopic (exact) mass is 331 g/mol. The van der Waals surface area contributed by atoms with Gasteiger partial charge >= 0.3 is 0 Å². The molecule has 1 atom stereocenters.